The lowest BCUT2D eigenvalue weighted by Gasteiger charge is -2.21. The van der Waals surface area contributed by atoms with Gasteiger partial charge in [-0.15, -0.1) is 0 Å². The van der Waals surface area contributed by atoms with Gasteiger partial charge in [0.05, 0.1) is 35.3 Å². The number of nitrogens with two attached hydrogens (primary N) is 1. The van der Waals surface area contributed by atoms with E-state index in [0.29, 0.717) is 33.6 Å². The molecule has 2 aliphatic carbocycles. The van der Waals surface area contributed by atoms with Gasteiger partial charge in [-0.1, -0.05) is 72.8 Å². The summed E-state index contributed by atoms with van der Waals surface area (Å²) in [6.07, 6.45) is 4.41. The fourth-order valence-electron chi connectivity index (χ4n) is 5.85. The number of nitrogens with zero attached hydrogens (tertiary/aromatic N) is 2. The summed E-state index contributed by atoms with van der Waals surface area (Å²) in [5.74, 6) is 0.0859. The van der Waals surface area contributed by atoms with Crippen LogP contribution >= 0.6 is 0 Å². The van der Waals surface area contributed by atoms with Gasteiger partial charge in [0.1, 0.15) is 11.6 Å². The SMILES string of the molecule is N#CCc1c(-c2ccccc2)nc2ccccc2c1C(=O)N[C@H](c1cccc(F)c1)C1CC1.N[C@H](c1cccc(F)c1)C1CC1.[3H][B]O. The number of amides is 1. The number of carbonyl (C=O) groups is 1. The van der Waals surface area contributed by atoms with Crippen molar-refractivity contribution in [2.75, 3.05) is 0 Å². The van der Waals surface area contributed by atoms with Gasteiger partial charge >= 0.3 is 0 Å². The normalized spacial score (nSPS) is 15.0. The Labute approximate surface area is 276 Å². The van der Waals surface area contributed by atoms with E-state index in [1.165, 1.54) is 37.1 Å². The molecule has 7 rings (SSSR count). The van der Waals surface area contributed by atoms with E-state index in [9.17, 15) is 18.8 Å². The Hall–Kier alpha value is -4.91. The molecule has 0 saturated heterocycles. The molecule has 0 spiro atoms. The zero-order valence-corrected chi connectivity index (χ0v) is 25.8. The standard InChI is InChI=1S/C28H22FN3O.C10H12FN.BH2O/c29-21-10-6-9-20(17-21)26(19-13-14-19)32-28(33)25-22-11-4-5-12-24(22)31-27(23(25)15-16-30)18-7-2-1-3-8-18;11-9-3-1-2-8(6-9)10(12)7-4-5-7;1-2/h1-12,17,19,26H,13-15H2,(H,32,33);1-3,6-7,10H,4-5,12H2;1-2H/t26-;10-;/m00./s1/i;;1T. The molecule has 2 saturated carbocycles. The lowest BCUT2D eigenvalue weighted by Crippen LogP contribution is -2.31. The molecule has 1 amide bonds. The maximum Gasteiger partial charge on any atom is 0.266 e. The second-order valence-corrected chi connectivity index (χ2v) is 11.8. The maximum atomic E-state index is 13.9. The van der Waals surface area contributed by atoms with Crippen LogP contribution in [0.5, 0.6) is 0 Å². The van der Waals surface area contributed by atoms with Crippen LogP contribution in [0.25, 0.3) is 22.2 Å². The van der Waals surface area contributed by atoms with Crippen LogP contribution in [0.2, 0.25) is 0 Å². The van der Waals surface area contributed by atoms with Crippen molar-refractivity contribution in [2.45, 2.75) is 44.2 Å². The highest BCUT2D eigenvalue weighted by Crippen LogP contribution is 2.42. The summed E-state index contributed by atoms with van der Waals surface area (Å²) in [4.78, 5) is 18.6. The van der Waals surface area contributed by atoms with Crippen molar-refractivity contribution in [2.24, 2.45) is 17.6 Å². The minimum absolute atomic E-state index is 0.0423. The van der Waals surface area contributed by atoms with Crippen LogP contribution in [0.15, 0.2) is 103 Å². The predicted octanol–water partition coefficient (Wildman–Crippen LogP) is 7.02. The number of halogens is 2. The summed E-state index contributed by atoms with van der Waals surface area (Å²) >= 11 is 0. The topological polar surface area (TPSA) is 112 Å². The second-order valence-electron chi connectivity index (χ2n) is 11.8. The molecular weight excluding hydrogens is 593 g/mol. The van der Waals surface area contributed by atoms with Crippen molar-refractivity contribution >= 4 is 24.8 Å². The van der Waals surface area contributed by atoms with Crippen molar-refractivity contribution in [3.8, 4) is 17.3 Å². The van der Waals surface area contributed by atoms with Crippen LogP contribution in [-0.4, -0.2) is 25.3 Å². The lowest BCUT2D eigenvalue weighted by atomic mass is 9.93. The van der Waals surface area contributed by atoms with Gasteiger partial charge in [0.25, 0.3) is 13.9 Å². The Kier molecular flexibility index (Phi) is 10.6. The van der Waals surface area contributed by atoms with Crippen LogP contribution in [0.4, 0.5) is 8.78 Å². The molecule has 9 heteroatoms. The van der Waals surface area contributed by atoms with Gasteiger partial charge in [0, 0.05) is 23.9 Å². The molecule has 4 N–H and O–H groups in total. The van der Waals surface area contributed by atoms with E-state index >= 15 is 0 Å². The fraction of sp³-hybridized carbons (Fsp3) is 0.237. The molecule has 0 unspecified atom stereocenters. The minimum atomic E-state index is -0.321. The van der Waals surface area contributed by atoms with Crippen LogP contribution in [0.1, 0.15) is 64.8 Å². The highest BCUT2D eigenvalue weighted by atomic mass is 19.1. The molecule has 2 aliphatic rings. The lowest BCUT2D eigenvalue weighted by molar-refractivity contribution is 0.0932. The van der Waals surface area contributed by atoms with Crippen LogP contribution in [-0.2, 0) is 6.42 Å². The molecule has 4 aromatic carbocycles. The average Bonchev–Trinajstić information content (AvgIpc) is 4.03. The number of para-hydroxylation sites is 1. The molecule has 237 valence electrons. The van der Waals surface area contributed by atoms with Crippen molar-refractivity contribution in [1.29, 1.82) is 6.60 Å². The van der Waals surface area contributed by atoms with Crippen molar-refractivity contribution < 1.29 is 18.6 Å². The number of nitriles is 1. The third-order valence-corrected chi connectivity index (χ3v) is 8.47. The molecule has 2 atom stereocenters. The van der Waals surface area contributed by atoms with E-state index in [-0.39, 0.29) is 50.0 Å². The molecule has 1 radical (unpaired) electrons. The van der Waals surface area contributed by atoms with Crippen molar-refractivity contribution in [3.63, 3.8) is 0 Å². The summed E-state index contributed by atoms with van der Waals surface area (Å²) in [5, 5.41) is 20.6. The number of hydrogen-bond donors (Lipinski definition) is 3. The number of hydrogen-bond acceptors (Lipinski definition) is 5. The monoisotopic (exact) mass is 631 g/mol. The maximum absolute atomic E-state index is 13.9. The van der Waals surface area contributed by atoms with Gasteiger partial charge < -0.3 is 16.1 Å². The Morgan fingerprint density at radius 3 is 2.15 bits per heavy atom. The molecule has 47 heavy (non-hydrogen) atoms. The zero-order valence-electron chi connectivity index (χ0n) is 26.8. The number of fused-ring (bicyclic) bond motifs is 1. The number of aromatic nitrogens is 1. The minimum Gasteiger partial charge on any atom is -0.459 e. The van der Waals surface area contributed by atoms with Gasteiger partial charge in [0.2, 0.25) is 0 Å². The summed E-state index contributed by atoms with van der Waals surface area (Å²) in [5.41, 5.74) is 10.8. The van der Waals surface area contributed by atoms with Gasteiger partial charge in [-0.05, 0) is 79.0 Å². The van der Waals surface area contributed by atoms with Crippen LogP contribution in [0, 0.1) is 34.8 Å². The van der Waals surface area contributed by atoms with E-state index in [0.717, 1.165) is 29.5 Å². The predicted molar refractivity (Wildman–Crippen MR) is 181 cm³/mol. The highest BCUT2D eigenvalue weighted by Gasteiger charge is 2.35. The highest BCUT2D eigenvalue weighted by molar-refractivity contribution is 6.09. The Bertz CT molecular complexity index is 1900. The second kappa shape index (κ2) is 15.6. The summed E-state index contributed by atoms with van der Waals surface area (Å²) in [6.45, 7) is 0. The fourth-order valence-corrected chi connectivity index (χ4v) is 5.85. The molecule has 5 aromatic rings. The molecule has 1 heterocycles. The average molecular weight is 632 g/mol. The molecule has 0 bridgehead atoms. The Morgan fingerprint density at radius 1 is 0.936 bits per heavy atom. The summed E-state index contributed by atoms with van der Waals surface area (Å²) in [6, 6.07) is 32.1. The number of nitrogens with one attached hydrogen (secondary N) is 1. The van der Waals surface area contributed by atoms with E-state index in [2.05, 4.69) is 11.4 Å². The van der Waals surface area contributed by atoms with E-state index in [1.807, 2.05) is 66.7 Å². The third kappa shape index (κ3) is 8.28. The molecule has 1 aromatic heterocycles. The number of pyridine rings is 1. The first-order valence-corrected chi connectivity index (χ1v) is 15.6. The van der Waals surface area contributed by atoms with Gasteiger partial charge in [-0.2, -0.15) is 5.26 Å². The van der Waals surface area contributed by atoms with Gasteiger partial charge in [-0.3, -0.25) is 4.79 Å². The number of carbonyl (C=O) groups excluding carboxylic acids is 1. The van der Waals surface area contributed by atoms with Crippen LogP contribution in [0.3, 0.4) is 0 Å². The Balaban J connectivity index is 0.000000249. The molecule has 2 fully saturated rings. The summed E-state index contributed by atoms with van der Waals surface area (Å²) < 4.78 is 32.3. The molecule has 0 aliphatic heterocycles. The smallest absolute Gasteiger partial charge is 0.266 e. The number of benzene rings is 4. The Morgan fingerprint density at radius 2 is 1.53 bits per heavy atom. The summed E-state index contributed by atoms with van der Waals surface area (Å²) in [7, 11) is 0.250. The first-order chi connectivity index (χ1) is 23.3. The molecular formula is C38H36BF2N4O2. The van der Waals surface area contributed by atoms with Crippen LogP contribution < -0.4 is 11.1 Å². The van der Waals surface area contributed by atoms with Crippen molar-refractivity contribution in [3.05, 3.63) is 137 Å². The zero-order chi connectivity index (χ0) is 34.0. The third-order valence-electron chi connectivity index (χ3n) is 8.47. The van der Waals surface area contributed by atoms with Gasteiger partial charge in [-0.25, -0.2) is 13.8 Å². The molecule has 6 nitrogen and oxygen atoms in total. The van der Waals surface area contributed by atoms with Crippen molar-refractivity contribution in [1.82, 2.24) is 10.3 Å². The van der Waals surface area contributed by atoms with Gasteiger partial charge in [0.15, 0.2) is 0 Å². The largest absolute Gasteiger partial charge is 0.459 e. The quantitative estimate of drug-likeness (QED) is 0.160. The first-order valence-electron chi connectivity index (χ1n) is 16.2. The first kappa shape index (κ1) is 32.1. The van der Waals surface area contributed by atoms with E-state index in [1.54, 1.807) is 12.1 Å². The number of rotatable bonds is 8. The van der Waals surface area contributed by atoms with E-state index in [4.69, 9.17) is 17.1 Å². The van der Waals surface area contributed by atoms with E-state index < -0.39 is 0 Å².